The molecule has 36 heavy (non-hydrogen) atoms. The summed E-state index contributed by atoms with van der Waals surface area (Å²) < 4.78 is 1.48. The maximum Gasteiger partial charge on any atom is 0.0786 e. The lowest BCUT2D eigenvalue weighted by Gasteiger charge is -2.42. The molecule has 0 aromatic carbocycles. The summed E-state index contributed by atoms with van der Waals surface area (Å²) in [6, 6.07) is 0. The van der Waals surface area contributed by atoms with Crippen molar-refractivity contribution < 1.29 is 21.5 Å². The van der Waals surface area contributed by atoms with Crippen molar-refractivity contribution >= 4 is 12.6 Å². The molecule has 0 bridgehead atoms. The van der Waals surface area contributed by atoms with Crippen molar-refractivity contribution in [2.24, 2.45) is 0 Å². The fourth-order valence-corrected chi connectivity index (χ4v) is 6.35. The van der Waals surface area contributed by atoms with Gasteiger partial charge >= 0.3 is 0 Å². The molecule has 0 spiro atoms. The zero-order chi connectivity index (χ0) is 25.1. The third-order valence-corrected chi connectivity index (χ3v) is 8.78. The summed E-state index contributed by atoms with van der Waals surface area (Å²) in [6.07, 6.45) is 34.7. The summed E-state index contributed by atoms with van der Waals surface area (Å²) in [5, 5.41) is 3.52. The van der Waals surface area contributed by atoms with E-state index < -0.39 is 0 Å². The molecule has 1 rings (SSSR count). The molecule has 0 radical (unpaired) electrons. The number of unbranched alkanes of at least 4 members (excludes halogenated alkanes) is 18. The van der Waals surface area contributed by atoms with Crippen molar-refractivity contribution in [3.63, 3.8) is 0 Å². The van der Waals surface area contributed by atoms with Crippen LogP contribution in [-0.2, 0) is 0 Å². The van der Waals surface area contributed by atoms with Gasteiger partial charge in [0.05, 0.1) is 26.2 Å². The van der Waals surface area contributed by atoms with Gasteiger partial charge in [-0.1, -0.05) is 96.8 Å². The number of nitrogens with one attached hydrogen (secondary N) is 1. The average molecular weight is 592 g/mol. The Labute approximate surface area is 244 Å². The predicted molar refractivity (Wildman–Crippen MR) is 163 cm³/mol. The fourth-order valence-electron chi connectivity index (χ4n) is 6.13. The molecule has 1 aliphatic heterocycles. The Morgan fingerprint density at radius 3 is 1.31 bits per heavy atom. The number of thiol groups is 1. The summed E-state index contributed by atoms with van der Waals surface area (Å²) in [4.78, 5) is 0. The van der Waals surface area contributed by atoms with Gasteiger partial charge in [-0.2, -0.15) is 12.6 Å². The standard InChI is InChI=1S/C32H66N2S.BrH/c1-2-26-33-27-20-15-11-7-3-4-8-12-16-21-28-34(30-23-19-24-31-34)29-22-17-13-9-5-6-10-14-18-25-32-35;/h33H,2-32H2,1H3;1H. The van der Waals surface area contributed by atoms with E-state index in [1.165, 1.54) is 198 Å². The molecule has 1 heterocycles. The van der Waals surface area contributed by atoms with Crippen molar-refractivity contribution in [3.8, 4) is 0 Å². The van der Waals surface area contributed by atoms with Gasteiger partial charge < -0.3 is 26.8 Å². The van der Waals surface area contributed by atoms with Crippen molar-refractivity contribution in [3.05, 3.63) is 0 Å². The predicted octanol–water partition coefficient (Wildman–Crippen LogP) is 6.72. The smallest absolute Gasteiger partial charge is 0.0786 e. The maximum absolute atomic E-state index is 4.31. The minimum atomic E-state index is 0. The highest BCUT2D eigenvalue weighted by Gasteiger charge is 2.28. The quantitative estimate of drug-likeness (QED) is 0.0614. The Morgan fingerprint density at radius 1 is 0.500 bits per heavy atom. The van der Waals surface area contributed by atoms with Crippen molar-refractivity contribution in [1.82, 2.24) is 5.32 Å². The number of piperidine rings is 1. The van der Waals surface area contributed by atoms with Gasteiger partial charge in [0.1, 0.15) is 0 Å². The van der Waals surface area contributed by atoms with Gasteiger partial charge in [-0.05, 0) is 83.1 Å². The molecule has 0 aromatic heterocycles. The minimum absolute atomic E-state index is 0. The van der Waals surface area contributed by atoms with Gasteiger partial charge in [0, 0.05) is 0 Å². The molecule has 1 saturated heterocycles. The van der Waals surface area contributed by atoms with Crippen LogP contribution in [0, 0.1) is 0 Å². The zero-order valence-electron chi connectivity index (χ0n) is 24.7. The normalized spacial score (nSPS) is 15.2. The molecule has 4 heteroatoms. The third kappa shape index (κ3) is 22.7. The van der Waals surface area contributed by atoms with Crippen LogP contribution in [0.15, 0.2) is 0 Å². The van der Waals surface area contributed by atoms with E-state index in [0.717, 1.165) is 5.75 Å². The number of hydrogen-bond acceptors (Lipinski definition) is 2. The van der Waals surface area contributed by atoms with Gasteiger partial charge in [-0.3, -0.25) is 0 Å². The number of nitrogens with zero attached hydrogens (tertiary/aromatic N) is 1. The molecule has 0 atom stereocenters. The highest BCUT2D eigenvalue weighted by atomic mass is 79.9. The van der Waals surface area contributed by atoms with E-state index >= 15 is 0 Å². The molecule has 1 N–H and O–H groups in total. The van der Waals surface area contributed by atoms with Crippen LogP contribution in [0.1, 0.15) is 161 Å². The van der Waals surface area contributed by atoms with Crippen molar-refractivity contribution in [1.29, 1.82) is 0 Å². The molecular formula is C32H67BrN2S. The Balaban J connectivity index is 0.0000122. The second kappa shape index (κ2) is 28.8. The van der Waals surface area contributed by atoms with E-state index in [1.807, 2.05) is 0 Å². The fraction of sp³-hybridized carbons (Fsp3) is 1.00. The maximum atomic E-state index is 4.31. The molecular weight excluding hydrogens is 524 g/mol. The topological polar surface area (TPSA) is 12.0 Å². The second-order valence-electron chi connectivity index (χ2n) is 11.8. The van der Waals surface area contributed by atoms with Crippen molar-refractivity contribution in [2.45, 2.75) is 161 Å². The number of hydrogen-bond donors (Lipinski definition) is 2. The molecule has 1 fully saturated rings. The van der Waals surface area contributed by atoms with Gasteiger partial charge in [0.2, 0.25) is 0 Å². The third-order valence-electron chi connectivity index (χ3n) is 8.47. The van der Waals surface area contributed by atoms with Crippen LogP contribution in [-0.4, -0.2) is 49.5 Å². The number of quaternary nitrogens is 1. The Morgan fingerprint density at radius 2 is 0.889 bits per heavy atom. The van der Waals surface area contributed by atoms with Crippen LogP contribution in [0.4, 0.5) is 0 Å². The van der Waals surface area contributed by atoms with Crippen LogP contribution < -0.4 is 22.3 Å². The number of rotatable bonds is 27. The van der Waals surface area contributed by atoms with Gasteiger partial charge in [-0.25, -0.2) is 0 Å². The Hall–Kier alpha value is 0.750. The summed E-state index contributed by atoms with van der Waals surface area (Å²) >= 11 is 4.31. The molecule has 1 aliphatic rings. The summed E-state index contributed by atoms with van der Waals surface area (Å²) in [5.41, 5.74) is 0. The first-order valence-corrected chi connectivity index (χ1v) is 17.1. The van der Waals surface area contributed by atoms with E-state index in [1.54, 1.807) is 0 Å². The lowest BCUT2D eigenvalue weighted by Crippen LogP contribution is -3.00. The highest BCUT2D eigenvalue weighted by molar-refractivity contribution is 7.80. The first-order chi connectivity index (χ1) is 17.3. The van der Waals surface area contributed by atoms with Crippen LogP contribution >= 0.6 is 12.6 Å². The second-order valence-corrected chi connectivity index (χ2v) is 12.3. The minimum Gasteiger partial charge on any atom is -1.00 e. The highest BCUT2D eigenvalue weighted by Crippen LogP contribution is 2.23. The SMILES string of the molecule is CCCNCCCCCCCCCCCC[N+]1(CCCCCCCCCCCCS)CCCCC1.[Br-]. The molecule has 0 aromatic rings. The van der Waals surface area contributed by atoms with E-state index in [4.69, 9.17) is 0 Å². The van der Waals surface area contributed by atoms with E-state index in [9.17, 15) is 0 Å². The first-order valence-electron chi connectivity index (χ1n) is 16.5. The molecule has 0 amide bonds. The largest absolute Gasteiger partial charge is 1.00 e. The monoisotopic (exact) mass is 590 g/mol. The van der Waals surface area contributed by atoms with E-state index in [0.29, 0.717) is 0 Å². The number of likely N-dealkylation sites (tertiary alicyclic amines) is 1. The molecule has 0 unspecified atom stereocenters. The summed E-state index contributed by atoms with van der Waals surface area (Å²) in [7, 11) is 0. The summed E-state index contributed by atoms with van der Waals surface area (Å²) in [6.45, 7) is 10.6. The lowest BCUT2D eigenvalue weighted by atomic mass is 10.0. The molecule has 0 saturated carbocycles. The Bertz CT molecular complexity index is 415. The van der Waals surface area contributed by atoms with Crippen LogP contribution in [0.5, 0.6) is 0 Å². The van der Waals surface area contributed by atoms with Crippen molar-refractivity contribution in [2.75, 3.05) is 45.0 Å². The van der Waals surface area contributed by atoms with Crippen LogP contribution in [0.3, 0.4) is 0 Å². The number of halogens is 1. The van der Waals surface area contributed by atoms with Crippen LogP contribution in [0.2, 0.25) is 0 Å². The van der Waals surface area contributed by atoms with Gasteiger partial charge in [0.25, 0.3) is 0 Å². The van der Waals surface area contributed by atoms with Gasteiger partial charge in [-0.15, -0.1) is 0 Å². The van der Waals surface area contributed by atoms with Crippen LogP contribution in [0.25, 0.3) is 0 Å². The molecule has 218 valence electrons. The lowest BCUT2D eigenvalue weighted by molar-refractivity contribution is -0.932. The zero-order valence-corrected chi connectivity index (χ0v) is 27.2. The van der Waals surface area contributed by atoms with E-state index in [-0.39, 0.29) is 17.0 Å². The summed E-state index contributed by atoms with van der Waals surface area (Å²) in [5.74, 6) is 1.07. The molecule has 2 nitrogen and oxygen atoms in total. The van der Waals surface area contributed by atoms with Gasteiger partial charge in [0.15, 0.2) is 0 Å². The first kappa shape index (κ1) is 36.8. The van der Waals surface area contributed by atoms with E-state index in [2.05, 4.69) is 24.9 Å². The molecule has 0 aliphatic carbocycles. The average Bonchev–Trinajstić information content (AvgIpc) is 2.88. The Kier molecular flexibility index (Phi) is 29.3.